The lowest BCUT2D eigenvalue weighted by molar-refractivity contribution is -0.123. The van der Waals surface area contributed by atoms with Crippen LogP contribution in [0, 0.1) is 5.82 Å². The molecule has 0 atom stereocenters. The Kier molecular flexibility index (Phi) is 6.01. The molecule has 0 radical (unpaired) electrons. The molecule has 2 aromatic rings. The lowest BCUT2D eigenvalue weighted by atomic mass is 10.2. The third kappa shape index (κ3) is 4.28. The van der Waals surface area contributed by atoms with Gasteiger partial charge in [-0.1, -0.05) is 29.8 Å². The van der Waals surface area contributed by atoms with Crippen molar-refractivity contribution in [3.8, 4) is 5.75 Å². The number of nitrogens with zero attached hydrogens (tertiary/aromatic N) is 1. The van der Waals surface area contributed by atoms with Gasteiger partial charge < -0.3 is 4.74 Å². The van der Waals surface area contributed by atoms with Crippen LogP contribution in [0.5, 0.6) is 5.75 Å². The molecule has 1 aliphatic heterocycles. The largest absolute Gasteiger partial charge is 0.490 e. The van der Waals surface area contributed by atoms with Crippen LogP contribution in [0.1, 0.15) is 5.56 Å². The summed E-state index contributed by atoms with van der Waals surface area (Å²) < 4.78 is 19.1. The molecule has 0 aliphatic carbocycles. The average Bonchev–Trinajstić information content (AvgIpc) is 2.87. The summed E-state index contributed by atoms with van der Waals surface area (Å²) in [5.41, 5.74) is 0.621. The first kappa shape index (κ1) is 18.9. The van der Waals surface area contributed by atoms with Crippen LogP contribution in [0.25, 0.3) is 6.08 Å². The van der Waals surface area contributed by atoms with E-state index in [2.05, 4.69) is 15.9 Å². The van der Waals surface area contributed by atoms with Crippen LogP contribution in [0.4, 0.5) is 9.18 Å². The van der Waals surface area contributed by atoms with Crippen molar-refractivity contribution in [3.63, 3.8) is 0 Å². The predicted octanol–water partition coefficient (Wildman–Crippen LogP) is 5.36. The van der Waals surface area contributed by atoms with Gasteiger partial charge in [0.05, 0.1) is 20.9 Å². The maximum absolute atomic E-state index is 13.3. The second kappa shape index (κ2) is 8.24. The fraction of sp³-hybridized carbons (Fsp3) is 0.111. The van der Waals surface area contributed by atoms with Gasteiger partial charge in [0, 0.05) is 0 Å². The molecule has 1 fully saturated rings. The van der Waals surface area contributed by atoms with E-state index in [4.69, 9.17) is 16.3 Å². The Morgan fingerprint density at radius 1 is 1.23 bits per heavy atom. The van der Waals surface area contributed by atoms with Gasteiger partial charge in [0.15, 0.2) is 0 Å². The summed E-state index contributed by atoms with van der Waals surface area (Å²) in [6, 6.07) is 11.3. The standard InChI is InChI=1S/C18H12BrClFNO3S/c19-12-9-11(5-6-14(12)21)10-16-17(23)22(18(24)26-16)7-8-25-15-4-2-1-3-13(15)20/h1-6,9-10H,7-8H2/b16-10-. The maximum Gasteiger partial charge on any atom is 0.293 e. The number of ether oxygens (including phenoxy) is 1. The molecule has 134 valence electrons. The van der Waals surface area contributed by atoms with Gasteiger partial charge in [0.25, 0.3) is 11.1 Å². The van der Waals surface area contributed by atoms with E-state index in [0.29, 0.717) is 20.8 Å². The molecule has 0 spiro atoms. The Balaban J connectivity index is 1.66. The van der Waals surface area contributed by atoms with Crippen molar-refractivity contribution in [2.45, 2.75) is 0 Å². The van der Waals surface area contributed by atoms with E-state index < -0.39 is 11.7 Å². The molecule has 0 N–H and O–H groups in total. The summed E-state index contributed by atoms with van der Waals surface area (Å²) in [6.07, 6.45) is 1.56. The van der Waals surface area contributed by atoms with Crippen molar-refractivity contribution in [2.24, 2.45) is 0 Å². The molecule has 0 unspecified atom stereocenters. The van der Waals surface area contributed by atoms with Gasteiger partial charge in [-0.05, 0) is 63.6 Å². The van der Waals surface area contributed by atoms with E-state index >= 15 is 0 Å². The SMILES string of the molecule is O=C1S/C(=C\c2ccc(F)c(Br)c2)C(=O)N1CCOc1ccccc1Cl. The van der Waals surface area contributed by atoms with Crippen molar-refractivity contribution < 1.29 is 18.7 Å². The maximum atomic E-state index is 13.3. The monoisotopic (exact) mass is 455 g/mol. The van der Waals surface area contributed by atoms with Gasteiger partial charge in [0.2, 0.25) is 0 Å². The fourth-order valence-electron chi connectivity index (χ4n) is 2.25. The van der Waals surface area contributed by atoms with Gasteiger partial charge >= 0.3 is 0 Å². The normalized spacial score (nSPS) is 15.8. The number of thioether (sulfide) groups is 1. The highest BCUT2D eigenvalue weighted by molar-refractivity contribution is 9.10. The summed E-state index contributed by atoms with van der Waals surface area (Å²) in [6.45, 7) is 0.248. The molecule has 1 saturated heterocycles. The highest BCUT2D eigenvalue weighted by atomic mass is 79.9. The lowest BCUT2D eigenvalue weighted by Gasteiger charge is -2.13. The van der Waals surface area contributed by atoms with Crippen LogP contribution >= 0.6 is 39.3 Å². The van der Waals surface area contributed by atoms with Crippen molar-refractivity contribution in [1.82, 2.24) is 4.90 Å². The van der Waals surface area contributed by atoms with Gasteiger partial charge in [-0.2, -0.15) is 0 Å². The van der Waals surface area contributed by atoms with E-state index in [9.17, 15) is 14.0 Å². The van der Waals surface area contributed by atoms with Gasteiger partial charge in [-0.25, -0.2) is 4.39 Å². The number of benzene rings is 2. The fourth-order valence-corrected chi connectivity index (χ4v) is 3.71. The Labute approximate surface area is 167 Å². The minimum Gasteiger partial charge on any atom is -0.490 e. The number of carbonyl (C=O) groups excluding carboxylic acids is 2. The summed E-state index contributed by atoms with van der Waals surface area (Å²) in [5.74, 6) is -0.303. The van der Waals surface area contributed by atoms with Crippen LogP contribution < -0.4 is 4.74 Å². The summed E-state index contributed by atoms with van der Waals surface area (Å²) in [5, 5.41) is 0.0913. The first-order chi connectivity index (χ1) is 12.5. The van der Waals surface area contributed by atoms with Gasteiger partial charge in [-0.15, -0.1) is 0 Å². The van der Waals surface area contributed by atoms with Crippen LogP contribution in [0.15, 0.2) is 51.8 Å². The average molecular weight is 457 g/mol. The van der Waals surface area contributed by atoms with Crippen molar-refractivity contribution in [3.05, 3.63) is 68.2 Å². The predicted molar refractivity (Wildman–Crippen MR) is 104 cm³/mol. The van der Waals surface area contributed by atoms with E-state index in [1.54, 1.807) is 36.4 Å². The van der Waals surface area contributed by atoms with E-state index in [-0.39, 0.29) is 23.3 Å². The molecule has 2 aromatic carbocycles. The Hall–Kier alpha value is -1.83. The molecule has 2 amide bonds. The Bertz CT molecular complexity index is 906. The molecule has 0 aromatic heterocycles. The highest BCUT2D eigenvalue weighted by Crippen LogP contribution is 2.32. The number of amides is 2. The molecule has 1 aliphatic rings. The van der Waals surface area contributed by atoms with Crippen LogP contribution in [0.3, 0.4) is 0 Å². The van der Waals surface area contributed by atoms with Crippen LogP contribution in [-0.2, 0) is 4.79 Å². The quantitative estimate of drug-likeness (QED) is 0.569. The van der Waals surface area contributed by atoms with Crippen LogP contribution in [0.2, 0.25) is 5.02 Å². The molecule has 0 bridgehead atoms. The number of carbonyl (C=O) groups is 2. The molecular formula is C18H12BrClFNO3S. The Morgan fingerprint density at radius 2 is 2.00 bits per heavy atom. The Morgan fingerprint density at radius 3 is 2.73 bits per heavy atom. The smallest absolute Gasteiger partial charge is 0.293 e. The summed E-state index contributed by atoms with van der Waals surface area (Å²) in [7, 11) is 0. The van der Waals surface area contributed by atoms with E-state index in [1.165, 1.54) is 12.1 Å². The molecular weight excluding hydrogens is 445 g/mol. The number of hydrogen-bond acceptors (Lipinski definition) is 4. The zero-order valence-corrected chi connectivity index (χ0v) is 16.4. The second-order valence-corrected chi connectivity index (χ2v) is 7.54. The van der Waals surface area contributed by atoms with E-state index in [1.807, 2.05) is 0 Å². The first-order valence-electron chi connectivity index (χ1n) is 7.53. The third-order valence-electron chi connectivity index (χ3n) is 3.52. The van der Waals surface area contributed by atoms with E-state index in [0.717, 1.165) is 16.7 Å². The highest BCUT2D eigenvalue weighted by Gasteiger charge is 2.34. The summed E-state index contributed by atoms with van der Waals surface area (Å²) in [4.78, 5) is 25.9. The number of halogens is 3. The number of para-hydroxylation sites is 1. The van der Waals surface area contributed by atoms with Crippen LogP contribution in [-0.4, -0.2) is 29.2 Å². The number of rotatable bonds is 5. The second-order valence-electron chi connectivity index (χ2n) is 5.29. The summed E-state index contributed by atoms with van der Waals surface area (Å²) >= 11 is 9.94. The number of imide groups is 1. The molecule has 0 saturated carbocycles. The van der Waals surface area contributed by atoms with Gasteiger partial charge in [0.1, 0.15) is 18.2 Å². The molecule has 4 nitrogen and oxygen atoms in total. The van der Waals surface area contributed by atoms with Crippen molar-refractivity contribution >= 4 is 56.5 Å². The molecule has 26 heavy (non-hydrogen) atoms. The molecule has 3 rings (SSSR count). The topological polar surface area (TPSA) is 46.6 Å². The third-order valence-corrected chi connectivity index (χ3v) is 5.35. The zero-order valence-electron chi connectivity index (χ0n) is 13.2. The van der Waals surface area contributed by atoms with Crippen molar-refractivity contribution in [1.29, 1.82) is 0 Å². The minimum absolute atomic E-state index is 0.111. The first-order valence-corrected chi connectivity index (χ1v) is 9.52. The molecule has 8 heteroatoms. The zero-order chi connectivity index (χ0) is 18.7. The minimum atomic E-state index is -0.400. The lowest BCUT2D eigenvalue weighted by Crippen LogP contribution is -2.32. The van der Waals surface area contributed by atoms with Crippen molar-refractivity contribution in [2.75, 3.05) is 13.2 Å². The number of hydrogen-bond donors (Lipinski definition) is 0. The molecule has 1 heterocycles. The van der Waals surface area contributed by atoms with Gasteiger partial charge in [-0.3, -0.25) is 14.5 Å².